The maximum atomic E-state index is 13.1. The van der Waals surface area contributed by atoms with Gasteiger partial charge in [-0.05, 0) is 54.1 Å². The summed E-state index contributed by atoms with van der Waals surface area (Å²) in [4.78, 5) is 19.2. The highest BCUT2D eigenvalue weighted by molar-refractivity contribution is 5.92. The Kier molecular flexibility index (Phi) is 4.57. The topological polar surface area (TPSA) is 70.9 Å². The van der Waals surface area contributed by atoms with Gasteiger partial charge >= 0.3 is 6.18 Å². The molecule has 0 atom stereocenters. The number of H-pyrrole nitrogens is 1. The number of hydrogen-bond donors (Lipinski definition) is 2. The van der Waals surface area contributed by atoms with Crippen LogP contribution < -0.4 is 5.32 Å². The van der Waals surface area contributed by atoms with Crippen LogP contribution >= 0.6 is 0 Å². The van der Waals surface area contributed by atoms with Crippen molar-refractivity contribution in [3.63, 3.8) is 0 Å². The fraction of sp³-hybridized carbons (Fsp3) is 0.100. The van der Waals surface area contributed by atoms with Crippen molar-refractivity contribution >= 4 is 16.9 Å². The molecule has 0 aliphatic heterocycles. The first kappa shape index (κ1) is 18.7. The van der Waals surface area contributed by atoms with Crippen molar-refractivity contribution in [1.82, 2.24) is 15.3 Å². The summed E-state index contributed by atoms with van der Waals surface area (Å²) in [6.45, 7) is -1.44. The smallest absolute Gasteiger partial charge is 0.405 e. The number of alkyl halides is 3. The average Bonchev–Trinajstić information content (AvgIpc) is 3.32. The molecule has 5 nitrogen and oxygen atoms in total. The Bertz CT molecular complexity index is 1180. The third kappa shape index (κ3) is 4.13. The summed E-state index contributed by atoms with van der Waals surface area (Å²) in [5.41, 5.74) is 2.68. The standard InChI is InChI=1S/C20H13F4N3O2/c21-14-3-1-11(2-4-14)15-8-12-7-13(9-25-18(12)27-15)16-5-6-17(29-16)19(28)26-10-20(22,23)24/h1-9H,10H2,(H,25,27)(H,26,28). The van der Waals surface area contributed by atoms with E-state index in [0.29, 0.717) is 17.0 Å². The molecule has 29 heavy (non-hydrogen) atoms. The molecule has 0 radical (unpaired) electrons. The van der Waals surface area contributed by atoms with Gasteiger partial charge in [-0.15, -0.1) is 0 Å². The second-order valence-corrected chi connectivity index (χ2v) is 6.31. The quantitative estimate of drug-likeness (QED) is 0.475. The van der Waals surface area contributed by atoms with Crippen LogP contribution in [-0.4, -0.2) is 28.6 Å². The Morgan fingerprint density at radius 1 is 1.07 bits per heavy atom. The zero-order chi connectivity index (χ0) is 20.6. The molecule has 0 spiro atoms. The molecular weight excluding hydrogens is 390 g/mol. The van der Waals surface area contributed by atoms with Gasteiger partial charge in [0.05, 0.1) is 0 Å². The lowest BCUT2D eigenvalue weighted by Crippen LogP contribution is -2.33. The summed E-state index contributed by atoms with van der Waals surface area (Å²) in [7, 11) is 0. The minimum atomic E-state index is -4.50. The Morgan fingerprint density at radius 3 is 2.55 bits per heavy atom. The Morgan fingerprint density at radius 2 is 1.83 bits per heavy atom. The van der Waals surface area contributed by atoms with E-state index in [9.17, 15) is 22.4 Å². The lowest BCUT2D eigenvalue weighted by atomic mass is 10.1. The van der Waals surface area contributed by atoms with Gasteiger partial charge in [0.2, 0.25) is 0 Å². The predicted octanol–water partition coefficient (Wildman–Crippen LogP) is 4.92. The highest BCUT2D eigenvalue weighted by Crippen LogP contribution is 2.28. The Balaban J connectivity index is 1.58. The number of halogens is 4. The maximum absolute atomic E-state index is 13.1. The summed E-state index contributed by atoms with van der Waals surface area (Å²) in [6, 6.07) is 12.4. The molecule has 1 amide bonds. The van der Waals surface area contributed by atoms with Gasteiger partial charge in [0.1, 0.15) is 23.8 Å². The van der Waals surface area contributed by atoms with E-state index in [0.717, 1.165) is 16.6 Å². The molecule has 0 unspecified atom stereocenters. The lowest BCUT2D eigenvalue weighted by molar-refractivity contribution is -0.123. The zero-order valence-corrected chi connectivity index (χ0v) is 14.7. The van der Waals surface area contributed by atoms with Crippen LogP contribution in [0, 0.1) is 5.82 Å². The molecule has 148 valence electrons. The average molecular weight is 403 g/mol. The first-order valence-corrected chi connectivity index (χ1v) is 8.48. The van der Waals surface area contributed by atoms with Crippen LogP contribution in [0.2, 0.25) is 0 Å². The van der Waals surface area contributed by atoms with E-state index in [4.69, 9.17) is 4.42 Å². The molecular formula is C20H13F4N3O2. The molecule has 0 saturated heterocycles. The molecule has 0 aliphatic carbocycles. The molecule has 0 aliphatic rings. The van der Waals surface area contributed by atoms with E-state index in [1.807, 2.05) is 6.07 Å². The Hall–Kier alpha value is -3.62. The van der Waals surface area contributed by atoms with Crippen molar-refractivity contribution in [3.8, 4) is 22.6 Å². The van der Waals surface area contributed by atoms with Crippen LogP contribution in [0.3, 0.4) is 0 Å². The molecule has 3 aromatic heterocycles. The summed E-state index contributed by atoms with van der Waals surface area (Å²) in [5, 5.41) is 2.50. The molecule has 4 rings (SSSR count). The summed E-state index contributed by atoms with van der Waals surface area (Å²) >= 11 is 0. The van der Waals surface area contributed by atoms with Crippen LogP contribution in [0.1, 0.15) is 10.6 Å². The van der Waals surface area contributed by atoms with Gasteiger partial charge in [-0.1, -0.05) is 0 Å². The normalized spacial score (nSPS) is 11.7. The number of hydrogen-bond acceptors (Lipinski definition) is 3. The molecule has 3 heterocycles. The SMILES string of the molecule is O=C(NCC(F)(F)F)c1ccc(-c2cnc3[nH]c(-c4ccc(F)cc4)cc3c2)o1. The van der Waals surface area contributed by atoms with E-state index < -0.39 is 18.6 Å². The molecule has 0 bridgehead atoms. The van der Waals surface area contributed by atoms with Crippen LogP contribution in [-0.2, 0) is 0 Å². The molecule has 4 aromatic rings. The third-order valence-corrected chi connectivity index (χ3v) is 4.19. The second kappa shape index (κ2) is 7.08. The van der Waals surface area contributed by atoms with Gasteiger partial charge in [-0.25, -0.2) is 9.37 Å². The van der Waals surface area contributed by atoms with Gasteiger partial charge in [-0.2, -0.15) is 13.2 Å². The number of fused-ring (bicyclic) bond motifs is 1. The summed E-state index contributed by atoms with van der Waals surface area (Å²) in [6.07, 6.45) is -2.99. The van der Waals surface area contributed by atoms with Gasteiger partial charge in [0.15, 0.2) is 5.76 Å². The summed E-state index contributed by atoms with van der Waals surface area (Å²) < 4.78 is 55.1. The van der Waals surface area contributed by atoms with E-state index in [2.05, 4.69) is 9.97 Å². The highest BCUT2D eigenvalue weighted by Gasteiger charge is 2.28. The largest absolute Gasteiger partial charge is 0.451 e. The van der Waals surface area contributed by atoms with Crippen molar-refractivity contribution in [2.24, 2.45) is 0 Å². The van der Waals surface area contributed by atoms with E-state index in [-0.39, 0.29) is 11.6 Å². The van der Waals surface area contributed by atoms with Gasteiger partial charge in [0, 0.05) is 22.8 Å². The van der Waals surface area contributed by atoms with Crippen LogP contribution in [0.4, 0.5) is 17.6 Å². The van der Waals surface area contributed by atoms with Crippen LogP contribution in [0.25, 0.3) is 33.6 Å². The van der Waals surface area contributed by atoms with Gasteiger partial charge < -0.3 is 14.7 Å². The fourth-order valence-electron chi connectivity index (χ4n) is 2.82. The number of furan rings is 1. The van der Waals surface area contributed by atoms with E-state index >= 15 is 0 Å². The Labute approximate surface area is 161 Å². The second-order valence-electron chi connectivity index (χ2n) is 6.31. The lowest BCUT2D eigenvalue weighted by Gasteiger charge is -2.06. The van der Waals surface area contributed by atoms with Crippen molar-refractivity contribution in [1.29, 1.82) is 0 Å². The number of aromatic amines is 1. The van der Waals surface area contributed by atoms with Crippen LogP contribution in [0.15, 0.2) is 59.1 Å². The number of carbonyl (C=O) groups excluding carboxylic acids is 1. The van der Waals surface area contributed by atoms with E-state index in [1.54, 1.807) is 23.5 Å². The molecule has 9 heteroatoms. The number of pyridine rings is 1. The number of aromatic nitrogens is 2. The minimum absolute atomic E-state index is 0.231. The number of nitrogens with zero attached hydrogens (tertiary/aromatic N) is 1. The number of amides is 1. The number of nitrogens with one attached hydrogen (secondary N) is 2. The first-order chi connectivity index (χ1) is 13.8. The minimum Gasteiger partial charge on any atom is -0.451 e. The highest BCUT2D eigenvalue weighted by atomic mass is 19.4. The molecule has 2 N–H and O–H groups in total. The number of carbonyl (C=O) groups is 1. The third-order valence-electron chi connectivity index (χ3n) is 4.19. The van der Waals surface area contributed by atoms with E-state index in [1.165, 1.54) is 30.5 Å². The van der Waals surface area contributed by atoms with Crippen molar-refractivity contribution in [3.05, 3.63) is 66.3 Å². The first-order valence-electron chi connectivity index (χ1n) is 8.48. The van der Waals surface area contributed by atoms with Gasteiger partial charge in [0.25, 0.3) is 5.91 Å². The number of rotatable bonds is 4. The molecule has 1 aromatic carbocycles. The van der Waals surface area contributed by atoms with Crippen molar-refractivity contribution in [2.75, 3.05) is 6.54 Å². The zero-order valence-electron chi connectivity index (χ0n) is 14.7. The molecule has 0 saturated carbocycles. The number of benzene rings is 1. The van der Waals surface area contributed by atoms with Crippen molar-refractivity contribution in [2.45, 2.75) is 6.18 Å². The van der Waals surface area contributed by atoms with Crippen molar-refractivity contribution < 1.29 is 26.8 Å². The fourth-order valence-corrected chi connectivity index (χ4v) is 2.82. The predicted molar refractivity (Wildman–Crippen MR) is 97.6 cm³/mol. The maximum Gasteiger partial charge on any atom is 0.405 e. The van der Waals surface area contributed by atoms with Gasteiger partial charge in [-0.3, -0.25) is 4.79 Å². The monoisotopic (exact) mass is 403 g/mol. The molecule has 0 fully saturated rings. The summed E-state index contributed by atoms with van der Waals surface area (Å²) in [5.74, 6) is -1.23. The van der Waals surface area contributed by atoms with Crippen LogP contribution in [0.5, 0.6) is 0 Å².